The number of rotatable bonds is 9. The molecule has 2 N–H and O–H groups in total. The van der Waals surface area contributed by atoms with Gasteiger partial charge in [0.1, 0.15) is 12.2 Å². The summed E-state index contributed by atoms with van der Waals surface area (Å²) in [6.07, 6.45) is -1.28. The number of pyridine rings is 1. The first-order chi connectivity index (χ1) is 13.9. The van der Waals surface area contributed by atoms with Crippen molar-refractivity contribution in [2.45, 2.75) is 45.3 Å². The van der Waals surface area contributed by atoms with E-state index in [0.29, 0.717) is 24.2 Å². The molecule has 0 fully saturated rings. The number of nitrogens with one attached hydrogen (secondary N) is 2. The molecule has 0 unspecified atom stereocenters. The minimum atomic E-state index is -4.51. The average Bonchev–Trinajstić information content (AvgIpc) is 3.16. The Kier molecular flexibility index (Phi) is 8.29. The van der Waals surface area contributed by atoms with Gasteiger partial charge < -0.3 is 19.9 Å². The van der Waals surface area contributed by atoms with Gasteiger partial charge in [-0.15, -0.1) is 0 Å². The van der Waals surface area contributed by atoms with E-state index in [2.05, 4.69) is 39.6 Å². The highest BCUT2D eigenvalue weighted by Gasteiger charge is 2.34. The molecule has 0 saturated heterocycles. The van der Waals surface area contributed by atoms with Crippen molar-refractivity contribution < 1.29 is 22.4 Å². The van der Waals surface area contributed by atoms with E-state index in [1.807, 2.05) is 6.07 Å². The van der Waals surface area contributed by atoms with Crippen molar-refractivity contribution in [3.8, 4) is 5.88 Å². The zero-order chi connectivity index (χ0) is 21.3. The van der Waals surface area contributed by atoms with Crippen LogP contribution < -0.4 is 15.4 Å². The van der Waals surface area contributed by atoms with Gasteiger partial charge in [-0.05, 0) is 25.0 Å². The zero-order valence-corrected chi connectivity index (χ0v) is 16.7. The fraction of sp³-hybridized carbons (Fsp3) is 0.526. The molecular weight excluding hydrogens is 387 g/mol. The van der Waals surface area contributed by atoms with E-state index in [-0.39, 0.29) is 13.2 Å². The van der Waals surface area contributed by atoms with E-state index in [1.165, 1.54) is 12.3 Å². The lowest BCUT2D eigenvalue weighted by Crippen LogP contribution is -2.38. The number of hydrogen-bond donors (Lipinski definition) is 2. The zero-order valence-electron chi connectivity index (χ0n) is 16.7. The lowest BCUT2D eigenvalue weighted by atomic mass is 9.99. The molecule has 29 heavy (non-hydrogen) atoms. The summed E-state index contributed by atoms with van der Waals surface area (Å²) in [6, 6.07) is 4.07. The second kappa shape index (κ2) is 10.7. The Balaban J connectivity index is 1.79. The molecule has 0 spiro atoms. The molecule has 160 valence electrons. The molecule has 2 heterocycles. The van der Waals surface area contributed by atoms with Crippen LogP contribution in [0.15, 0.2) is 33.9 Å². The maximum absolute atomic E-state index is 12.9. The fourth-order valence-corrected chi connectivity index (χ4v) is 2.74. The Morgan fingerprint density at radius 3 is 2.69 bits per heavy atom. The molecule has 0 aliphatic heterocycles. The molecule has 0 saturated carbocycles. The Morgan fingerprint density at radius 1 is 1.28 bits per heavy atom. The predicted molar refractivity (Wildman–Crippen MR) is 103 cm³/mol. The lowest BCUT2D eigenvalue weighted by Gasteiger charge is -2.14. The predicted octanol–water partition coefficient (Wildman–Crippen LogP) is 3.74. The first-order valence-electron chi connectivity index (χ1n) is 9.44. The number of alkyl halides is 3. The summed E-state index contributed by atoms with van der Waals surface area (Å²) in [7, 11) is 1.59. The third-order valence-corrected chi connectivity index (χ3v) is 4.34. The second-order valence-corrected chi connectivity index (χ2v) is 6.29. The number of hydrogen-bond acceptors (Lipinski definition) is 5. The molecule has 0 bridgehead atoms. The maximum atomic E-state index is 12.9. The number of ether oxygens (including phenoxy) is 1. The second-order valence-electron chi connectivity index (χ2n) is 6.29. The smallest absolute Gasteiger partial charge is 0.421 e. The molecule has 2 rings (SSSR count). The first kappa shape index (κ1) is 22.5. The Bertz CT molecular complexity index is 788. The summed E-state index contributed by atoms with van der Waals surface area (Å²) in [5, 5.41) is 10.1. The summed E-state index contributed by atoms with van der Waals surface area (Å²) >= 11 is 0. The van der Waals surface area contributed by atoms with Crippen LogP contribution in [0.4, 0.5) is 13.2 Å². The van der Waals surface area contributed by atoms with E-state index in [1.54, 1.807) is 7.05 Å². The van der Waals surface area contributed by atoms with E-state index in [9.17, 15) is 13.2 Å². The number of aromatic nitrogens is 2. The van der Waals surface area contributed by atoms with Crippen molar-refractivity contribution in [2.24, 2.45) is 4.99 Å². The van der Waals surface area contributed by atoms with Crippen LogP contribution in [0.3, 0.4) is 0 Å². The highest BCUT2D eigenvalue weighted by Crippen LogP contribution is 2.34. The van der Waals surface area contributed by atoms with Crippen molar-refractivity contribution in [1.82, 2.24) is 20.8 Å². The summed E-state index contributed by atoms with van der Waals surface area (Å²) in [4.78, 5) is 7.71. The molecule has 0 aliphatic rings. The van der Waals surface area contributed by atoms with Crippen LogP contribution in [0.25, 0.3) is 0 Å². The van der Waals surface area contributed by atoms with Crippen LogP contribution in [-0.4, -0.2) is 36.3 Å². The van der Waals surface area contributed by atoms with E-state index in [0.717, 1.165) is 24.6 Å². The molecule has 0 amide bonds. The molecular formula is C19H26F3N5O2. The normalized spacial score (nSPS) is 12.3. The summed E-state index contributed by atoms with van der Waals surface area (Å²) in [6.45, 7) is 4.82. The molecule has 0 radical (unpaired) electrons. The number of guanidine groups is 1. The van der Waals surface area contributed by atoms with Crippen molar-refractivity contribution in [1.29, 1.82) is 0 Å². The third kappa shape index (κ3) is 6.65. The van der Waals surface area contributed by atoms with Crippen molar-refractivity contribution in [3.05, 3.63) is 41.4 Å². The minimum Gasteiger partial charge on any atom is -0.475 e. The molecule has 0 aliphatic carbocycles. The van der Waals surface area contributed by atoms with Gasteiger partial charge in [-0.3, -0.25) is 4.99 Å². The first-order valence-corrected chi connectivity index (χ1v) is 9.44. The monoisotopic (exact) mass is 413 g/mol. The van der Waals surface area contributed by atoms with E-state index >= 15 is 0 Å². The standard InChI is InChI=1S/C19H26F3N5O2/c1-4-13(5-2)16-11-14(29-27-16)12-26-18(23-3)25-9-10-28-17-15(19(20,21)22)7-6-8-24-17/h6-8,11,13H,4-5,9-10,12H2,1-3H3,(H2,23,25,26). The Labute approximate surface area is 167 Å². The van der Waals surface area contributed by atoms with Crippen LogP contribution >= 0.6 is 0 Å². The van der Waals surface area contributed by atoms with Gasteiger partial charge in [0.2, 0.25) is 5.88 Å². The van der Waals surface area contributed by atoms with E-state index in [4.69, 9.17) is 9.26 Å². The average molecular weight is 413 g/mol. The topological polar surface area (TPSA) is 84.6 Å². The van der Waals surface area contributed by atoms with Crippen molar-refractivity contribution >= 4 is 5.96 Å². The quantitative estimate of drug-likeness (QED) is 0.370. The molecule has 7 nitrogen and oxygen atoms in total. The van der Waals surface area contributed by atoms with E-state index < -0.39 is 17.6 Å². The third-order valence-electron chi connectivity index (χ3n) is 4.34. The van der Waals surface area contributed by atoms with Gasteiger partial charge in [-0.1, -0.05) is 19.0 Å². The van der Waals surface area contributed by atoms with Gasteiger partial charge in [-0.2, -0.15) is 13.2 Å². The molecule has 2 aromatic heterocycles. The summed E-state index contributed by atoms with van der Waals surface area (Å²) < 4.78 is 49.3. The van der Waals surface area contributed by atoms with Crippen molar-refractivity contribution in [2.75, 3.05) is 20.2 Å². The van der Waals surface area contributed by atoms with Gasteiger partial charge in [0.25, 0.3) is 0 Å². The minimum absolute atomic E-state index is 0.0120. The molecule has 0 atom stereocenters. The van der Waals surface area contributed by atoms with Crippen molar-refractivity contribution in [3.63, 3.8) is 0 Å². The Hall–Kier alpha value is -2.78. The molecule has 0 aromatic carbocycles. The van der Waals surface area contributed by atoms with Crippen LogP contribution in [-0.2, 0) is 12.7 Å². The van der Waals surface area contributed by atoms with Gasteiger partial charge in [0, 0.05) is 25.2 Å². The van der Waals surface area contributed by atoms with Crippen LogP contribution in [0.5, 0.6) is 5.88 Å². The maximum Gasteiger partial charge on any atom is 0.421 e. The molecule has 10 heteroatoms. The summed E-state index contributed by atoms with van der Waals surface area (Å²) in [5.74, 6) is 1.07. The number of nitrogens with zero attached hydrogens (tertiary/aromatic N) is 3. The van der Waals surface area contributed by atoms with Gasteiger partial charge in [0.15, 0.2) is 11.7 Å². The highest BCUT2D eigenvalue weighted by atomic mass is 19.4. The number of halogens is 3. The summed E-state index contributed by atoms with van der Waals surface area (Å²) in [5.41, 5.74) is 0.0278. The van der Waals surface area contributed by atoms with Crippen LogP contribution in [0.1, 0.15) is 49.6 Å². The fourth-order valence-electron chi connectivity index (χ4n) is 2.74. The van der Waals surface area contributed by atoms with Crippen LogP contribution in [0.2, 0.25) is 0 Å². The number of aliphatic imine (C=N–C) groups is 1. The van der Waals surface area contributed by atoms with Crippen LogP contribution in [0, 0.1) is 0 Å². The van der Waals surface area contributed by atoms with Gasteiger partial charge >= 0.3 is 6.18 Å². The molecule has 2 aromatic rings. The SMILES string of the molecule is CCC(CC)c1cc(CNC(=NC)NCCOc2ncccc2C(F)(F)F)on1. The highest BCUT2D eigenvalue weighted by molar-refractivity contribution is 5.79. The lowest BCUT2D eigenvalue weighted by molar-refractivity contribution is -0.139. The van der Waals surface area contributed by atoms with Gasteiger partial charge in [0.05, 0.1) is 18.8 Å². The Morgan fingerprint density at radius 2 is 2.03 bits per heavy atom. The van der Waals surface area contributed by atoms with Gasteiger partial charge in [-0.25, -0.2) is 4.98 Å². The largest absolute Gasteiger partial charge is 0.475 e.